The van der Waals surface area contributed by atoms with Crippen molar-refractivity contribution >= 4 is 22.9 Å². The largest absolute Gasteiger partial charge is 0.387 e. The van der Waals surface area contributed by atoms with Gasteiger partial charge in [0.25, 0.3) is 0 Å². The highest BCUT2D eigenvalue weighted by Gasteiger charge is 2.13. The zero-order chi connectivity index (χ0) is 12.4. The number of aliphatic hydroxyl groups is 1. The SMILES string of the molecule is Cc1cc(C)cc(CC(O)c2sccc2Cl)c1. The minimum Gasteiger partial charge on any atom is -0.387 e. The second-order valence-electron chi connectivity index (χ2n) is 4.35. The summed E-state index contributed by atoms with van der Waals surface area (Å²) in [6, 6.07) is 8.18. The molecule has 1 heterocycles. The minimum absolute atomic E-state index is 0.510. The fourth-order valence-electron chi connectivity index (χ4n) is 2.05. The lowest BCUT2D eigenvalue weighted by Gasteiger charge is -2.11. The fourth-order valence-corrected chi connectivity index (χ4v) is 3.22. The molecular weight excluding hydrogens is 252 g/mol. The van der Waals surface area contributed by atoms with Crippen molar-refractivity contribution in [2.24, 2.45) is 0 Å². The Bertz CT molecular complexity index is 498. The van der Waals surface area contributed by atoms with Crippen LogP contribution in [0.15, 0.2) is 29.6 Å². The Balaban J connectivity index is 2.18. The minimum atomic E-state index is -0.510. The molecule has 1 atom stereocenters. The lowest BCUT2D eigenvalue weighted by molar-refractivity contribution is 0.182. The normalized spacial score (nSPS) is 12.7. The van der Waals surface area contributed by atoms with Crippen molar-refractivity contribution in [2.75, 3.05) is 0 Å². The van der Waals surface area contributed by atoms with Gasteiger partial charge in [-0.25, -0.2) is 0 Å². The van der Waals surface area contributed by atoms with Crippen molar-refractivity contribution in [3.63, 3.8) is 0 Å². The van der Waals surface area contributed by atoms with E-state index >= 15 is 0 Å². The number of aryl methyl sites for hydroxylation is 2. The third-order valence-corrected chi connectivity index (χ3v) is 4.12. The van der Waals surface area contributed by atoms with Crippen LogP contribution in [0.1, 0.15) is 27.7 Å². The first-order chi connectivity index (χ1) is 8.06. The van der Waals surface area contributed by atoms with E-state index in [2.05, 4.69) is 32.0 Å². The van der Waals surface area contributed by atoms with Crippen molar-refractivity contribution in [3.8, 4) is 0 Å². The Labute approximate surface area is 111 Å². The molecule has 0 fully saturated rings. The Morgan fingerprint density at radius 1 is 1.24 bits per heavy atom. The van der Waals surface area contributed by atoms with E-state index in [9.17, 15) is 5.11 Å². The van der Waals surface area contributed by atoms with Crippen LogP contribution in [0.25, 0.3) is 0 Å². The highest BCUT2D eigenvalue weighted by molar-refractivity contribution is 7.10. The molecule has 2 aromatic rings. The Hall–Kier alpha value is -0.830. The summed E-state index contributed by atoms with van der Waals surface area (Å²) in [5.74, 6) is 0. The van der Waals surface area contributed by atoms with Gasteiger partial charge in [0.1, 0.15) is 0 Å². The molecule has 1 aromatic heterocycles. The molecule has 1 nitrogen and oxygen atoms in total. The molecule has 0 bridgehead atoms. The molecule has 1 aromatic carbocycles. The van der Waals surface area contributed by atoms with E-state index in [1.807, 2.05) is 11.4 Å². The van der Waals surface area contributed by atoms with Crippen molar-refractivity contribution in [1.29, 1.82) is 0 Å². The molecule has 0 saturated heterocycles. The van der Waals surface area contributed by atoms with Gasteiger partial charge in [-0.1, -0.05) is 40.9 Å². The van der Waals surface area contributed by atoms with Crippen LogP contribution >= 0.6 is 22.9 Å². The van der Waals surface area contributed by atoms with Crippen LogP contribution < -0.4 is 0 Å². The van der Waals surface area contributed by atoms with E-state index in [-0.39, 0.29) is 0 Å². The molecule has 0 amide bonds. The number of thiophene rings is 1. The van der Waals surface area contributed by atoms with E-state index < -0.39 is 6.10 Å². The summed E-state index contributed by atoms with van der Waals surface area (Å²) < 4.78 is 0. The van der Waals surface area contributed by atoms with Gasteiger partial charge in [0.2, 0.25) is 0 Å². The summed E-state index contributed by atoms with van der Waals surface area (Å²) in [6.45, 7) is 4.14. The van der Waals surface area contributed by atoms with Crippen LogP contribution in [0.4, 0.5) is 0 Å². The molecular formula is C14H15ClOS. The standard InChI is InChI=1S/C14H15ClOS/c1-9-5-10(2)7-11(6-9)8-13(16)14-12(15)3-4-17-14/h3-7,13,16H,8H2,1-2H3. The van der Waals surface area contributed by atoms with Gasteiger partial charge in [-0.3, -0.25) is 0 Å². The average molecular weight is 267 g/mol. The highest BCUT2D eigenvalue weighted by Crippen LogP contribution is 2.30. The van der Waals surface area contributed by atoms with Crippen molar-refractivity contribution in [1.82, 2.24) is 0 Å². The first-order valence-corrected chi connectivity index (χ1v) is 6.80. The van der Waals surface area contributed by atoms with Crippen LogP contribution in [-0.4, -0.2) is 5.11 Å². The van der Waals surface area contributed by atoms with E-state index in [1.165, 1.54) is 22.5 Å². The molecule has 0 aliphatic carbocycles. The van der Waals surface area contributed by atoms with Gasteiger partial charge in [0.05, 0.1) is 16.0 Å². The number of benzene rings is 1. The molecule has 0 radical (unpaired) electrons. The van der Waals surface area contributed by atoms with E-state index in [0.29, 0.717) is 11.4 Å². The first kappa shape index (κ1) is 12.6. The summed E-state index contributed by atoms with van der Waals surface area (Å²) in [7, 11) is 0. The molecule has 2 rings (SSSR count). The third-order valence-electron chi connectivity index (χ3n) is 2.66. The van der Waals surface area contributed by atoms with E-state index in [4.69, 9.17) is 11.6 Å². The van der Waals surface area contributed by atoms with Crippen LogP contribution in [0.3, 0.4) is 0 Å². The zero-order valence-electron chi connectivity index (χ0n) is 9.90. The number of halogens is 1. The van der Waals surface area contributed by atoms with Crippen molar-refractivity contribution in [3.05, 3.63) is 56.2 Å². The van der Waals surface area contributed by atoms with Gasteiger partial charge in [-0.15, -0.1) is 11.3 Å². The Morgan fingerprint density at radius 3 is 2.41 bits per heavy atom. The Morgan fingerprint density at radius 2 is 1.88 bits per heavy atom. The topological polar surface area (TPSA) is 20.2 Å². The second kappa shape index (κ2) is 5.21. The number of hydrogen-bond acceptors (Lipinski definition) is 2. The average Bonchev–Trinajstić information content (AvgIpc) is 2.62. The molecule has 3 heteroatoms. The van der Waals surface area contributed by atoms with Crippen LogP contribution in [0.5, 0.6) is 0 Å². The van der Waals surface area contributed by atoms with Gasteiger partial charge >= 0.3 is 0 Å². The second-order valence-corrected chi connectivity index (χ2v) is 5.70. The number of aliphatic hydroxyl groups excluding tert-OH is 1. The maximum Gasteiger partial charge on any atom is 0.0937 e. The third kappa shape index (κ3) is 3.09. The highest BCUT2D eigenvalue weighted by atomic mass is 35.5. The molecule has 0 saturated carbocycles. The summed E-state index contributed by atoms with van der Waals surface area (Å²) in [5, 5.41) is 12.7. The lowest BCUT2D eigenvalue weighted by atomic mass is 10.0. The maximum absolute atomic E-state index is 10.2. The quantitative estimate of drug-likeness (QED) is 0.878. The molecule has 1 unspecified atom stereocenters. The van der Waals surface area contributed by atoms with Gasteiger partial charge < -0.3 is 5.11 Å². The predicted octanol–water partition coefficient (Wildman–Crippen LogP) is 4.29. The lowest BCUT2D eigenvalue weighted by Crippen LogP contribution is -2.00. The Kier molecular flexibility index (Phi) is 3.87. The molecule has 0 spiro atoms. The predicted molar refractivity (Wildman–Crippen MR) is 73.9 cm³/mol. The monoisotopic (exact) mass is 266 g/mol. The summed E-state index contributed by atoms with van der Waals surface area (Å²) in [5.41, 5.74) is 3.61. The zero-order valence-corrected chi connectivity index (χ0v) is 11.5. The summed E-state index contributed by atoms with van der Waals surface area (Å²) in [6.07, 6.45) is 0.103. The molecule has 0 aliphatic heterocycles. The summed E-state index contributed by atoms with van der Waals surface area (Å²) in [4.78, 5) is 0.853. The van der Waals surface area contributed by atoms with Gasteiger partial charge in [-0.2, -0.15) is 0 Å². The van der Waals surface area contributed by atoms with Gasteiger partial charge in [0.15, 0.2) is 0 Å². The molecule has 0 aliphatic rings. The van der Waals surface area contributed by atoms with E-state index in [0.717, 1.165) is 10.4 Å². The van der Waals surface area contributed by atoms with E-state index in [1.54, 1.807) is 0 Å². The van der Waals surface area contributed by atoms with Crippen LogP contribution in [0.2, 0.25) is 5.02 Å². The van der Waals surface area contributed by atoms with Gasteiger partial charge in [-0.05, 0) is 30.9 Å². The van der Waals surface area contributed by atoms with Gasteiger partial charge in [0, 0.05) is 6.42 Å². The fraction of sp³-hybridized carbons (Fsp3) is 0.286. The summed E-state index contributed by atoms with van der Waals surface area (Å²) >= 11 is 7.52. The van der Waals surface area contributed by atoms with Crippen molar-refractivity contribution in [2.45, 2.75) is 26.4 Å². The molecule has 90 valence electrons. The molecule has 1 N–H and O–H groups in total. The van der Waals surface area contributed by atoms with Crippen LogP contribution in [0, 0.1) is 13.8 Å². The van der Waals surface area contributed by atoms with Crippen molar-refractivity contribution < 1.29 is 5.11 Å². The number of hydrogen-bond donors (Lipinski definition) is 1. The first-order valence-electron chi connectivity index (χ1n) is 5.54. The maximum atomic E-state index is 10.2. The molecule has 17 heavy (non-hydrogen) atoms. The smallest absolute Gasteiger partial charge is 0.0937 e. The number of rotatable bonds is 3. The van der Waals surface area contributed by atoms with Crippen LogP contribution in [-0.2, 0) is 6.42 Å².